The third-order valence-corrected chi connectivity index (χ3v) is 5.01. The lowest BCUT2D eigenvalue weighted by Crippen LogP contribution is -2.56. The van der Waals surface area contributed by atoms with Gasteiger partial charge in [-0.05, 0) is 24.5 Å². The topological polar surface area (TPSA) is 38.2 Å². The summed E-state index contributed by atoms with van der Waals surface area (Å²) in [6.45, 7) is 6.40. The Kier molecular flexibility index (Phi) is 3.87. The van der Waals surface area contributed by atoms with E-state index in [-0.39, 0.29) is 0 Å². The second-order valence-corrected chi connectivity index (χ2v) is 7.22. The van der Waals surface area contributed by atoms with Crippen molar-refractivity contribution in [2.45, 2.75) is 32.4 Å². The summed E-state index contributed by atoms with van der Waals surface area (Å²) in [7, 11) is 0. The van der Waals surface area contributed by atoms with Crippen LogP contribution in [-0.4, -0.2) is 40.7 Å². The maximum absolute atomic E-state index is 6.05. The van der Waals surface area contributed by atoms with E-state index in [1.807, 2.05) is 12.4 Å². The fraction of sp³-hybridized carbons (Fsp3) is 0.474. The van der Waals surface area contributed by atoms with Gasteiger partial charge in [0.2, 0.25) is 0 Å². The van der Waals surface area contributed by atoms with Crippen molar-refractivity contribution in [2.24, 2.45) is 5.41 Å². The van der Waals surface area contributed by atoms with Gasteiger partial charge in [-0.25, -0.2) is 9.97 Å². The van der Waals surface area contributed by atoms with Gasteiger partial charge in [-0.15, -0.1) is 0 Å². The van der Waals surface area contributed by atoms with Gasteiger partial charge in [-0.3, -0.25) is 4.90 Å². The first kappa shape index (κ1) is 14.8. The zero-order valence-corrected chi connectivity index (χ0v) is 13.6. The van der Waals surface area contributed by atoms with Crippen LogP contribution >= 0.6 is 0 Å². The number of hydrogen-bond donors (Lipinski definition) is 0. The Bertz CT molecular complexity index is 650. The number of likely N-dealkylation sites (tertiary alicyclic amines) is 1. The van der Waals surface area contributed by atoms with Crippen molar-refractivity contribution < 1.29 is 4.74 Å². The Balaban J connectivity index is 1.28. The normalized spacial score (nSPS) is 23.1. The van der Waals surface area contributed by atoms with Gasteiger partial charge in [0.15, 0.2) is 0 Å². The molecule has 4 nitrogen and oxygen atoms in total. The Hall–Kier alpha value is -1.78. The van der Waals surface area contributed by atoms with Crippen molar-refractivity contribution in [3.8, 4) is 0 Å². The first-order chi connectivity index (χ1) is 11.2. The molecule has 2 aliphatic rings. The number of nitrogens with zero attached hydrogens (tertiary/aromatic N) is 3. The average Bonchev–Trinajstić information content (AvgIpc) is 2.94. The van der Waals surface area contributed by atoms with Crippen molar-refractivity contribution in [1.29, 1.82) is 0 Å². The maximum atomic E-state index is 6.05. The highest BCUT2D eigenvalue weighted by atomic mass is 16.5. The molecule has 0 aliphatic carbocycles. The maximum Gasteiger partial charge on any atom is 0.115 e. The Morgan fingerprint density at radius 1 is 1.13 bits per heavy atom. The molecule has 1 unspecified atom stereocenters. The highest BCUT2D eigenvalue weighted by molar-refractivity contribution is 5.21. The average molecular weight is 309 g/mol. The fourth-order valence-electron chi connectivity index (χ4n) is 3.91. The standard InChI is InChI=1S/C19H23N3O/c1-15-2-4-16(5-3-15)10-22-11-19(12-22)7-18(23-13-19)6-17-8-20-14-21-9-17/h2-5,8-9,14,18H,6-7,10-13H2,1H3. The molecule has 1 atom stereocenters. The molecular formula is C19H23N3O. The summed E-state index contributed by atoms with van der Waals surface area (Å²) in [5, 5.41) is 0. The quantitative estimate of drug-likeness (QED) is 0.870. The molecule has 23 heavy (non-hydrogen) atoms. The molecule has 120 valence electrons. The minimum atomic E-state index is 0.322. The molecule has 4 rings (SSSR count). The van der Waals surface area contributed by atoms with E-state index < -0.39 is 0 Å². The minimum absolute atomic E-state index is 0.322. The SMILES string of the molecule is Cc1ccc(CN2CC3(COC(Cc4cncnc4)C3)C2)cc1. The predicted octanol–water partition coefficient (Wildman–Crippen LogP) is 2.62. The zero-order valence-electron chi connectivity index (χ0n) is 13.6. The summed E-state index contributed by atoms with van der Waals surface area (Å²) in [4.78, 5) is 10.7. The van der Waals surface area contributed by atoms with E-state index in [1.165, 1.54) is 16.7 Å². The number of aryl methyl sites for hydroxylation is 1. The van der Waals surface area contributed by atoms with Gasteiger partial charge in [-0.1, -0.05) is 29.8 Å². The molecule has 2 saturated heterocycles. The molecule has 1 aromatic carbocycles. The molecule has 0 N–H and O–H groups in total. The summed E-state index contributed by atoms with van der Waals surface area (Å²) >= 11 is 0. The molecule has 0 saturated carbocycles. The monoisotopic (exact) mass is 309 g/mol. The van der Waals surface area contributed by atoms with Crippen molar-refractivity contribution in [3.63, 3.8) is 0 Å². The third-order valence-electron chi connectivity index (χ3n) is 5.01. The van der Waals surface area contributed by atoms with E-state index in [4.69, 9.17) is 4.74 Å². The molecule has 1 aromatic heterocycles. The van der Waals surface area contributed by atoms with Crippen LogP contribution in [0.4, 0.5) is 0 Å². The van der Waals surface area contributed by atoms with Gasteiger partial charge in [-0.2, -0.15) is 0 Å². The van der Waals surface area contributed by atoms with Crippen LogP contribution in [0.1, 0.15) is 23.1 Å². The molecule has 2 fully saturated rings. The molecule has 2 aromatic rings. The van der Waals surface area contributed by atoms with Crippen LogP contribution in [0, 0.1) is 12.3 Å². The first-order valence-electron chi connectivity index (χ1n) is 8.34. The Morgan fingerprint density at radius 3 is 2.61 bits per heavy atom. The number of aromatic nitrogens is 2. The third kappa shape index (κ3) is 3.28. The predicted molar refractivity (Wildman–Crippen MR) is 89.0 cm³/mol. The van der Waals surface area contributed by atoms with Gasteiger partial charge < -0.3 is 4.74 Å². The lowest BCUT2D eigenvalue weighted by molar-refractivity contribution is -0.0140. The lowest BCUT2D eigenvalue weighted by Gasteiger charge is -2.47. The van der Waals surface area contributed by atoms with Crippen LogP contribution in [0.3, 0.4) is 0 Å². The van der Waals surface area contributed by atoms with Gasteiger partial charge in [0.05, 0.1) is 12.7 Å². The number of hydrogen-bond acceptors (Lipinski definition) is 4. The van der Waals surface area contributed by atoms with Gasteiger partial charge in [0.1, 0.15) is 6.33 Å². The highest BCUT2D eigenvalue weighted by Gasteiger charge is 2.48. The molecule has 4 heteroatoms. The summed E-state index contributed by atoms with van der Waals surface area (Å²) in [5.74, 6) is 0. The van der Waals surface area contributed by atoms with Crippen molar-refractivity contribution >= 4 is 0 Å². The van der Waals surface area contributed by atoms with E-state index in [2.05, 4.69) is 46.1 Å². The zero-order chi connectivity index (χ0) is 15.7. The lowest BCUT2D eigenvalue weighted by atomic mass is 9.77. The number of ether oxygens (including phenoxy) is 1. The van der Waals surface area contributed by atoms with Gasteiger partial charge in [0.25, 0.3) is 0 Å². The van der Waals surface area contributed by atoms with Crippen molar-refractivity contribution in [3.05, 3.63) is 59.7 Å². The molecule has 0 bridgehead atoms. The molecule has 0 amide bonds. The Labute approximate surface area is 137 Å². The second kappa shape index (κ2) is 6.02. The molecule has 3 heterocycles. The molecule has 1 spiro atoms. The number of rotatable bonds is 4. The summed E-state index contributed by atoms with van der Waals surface area (Å²) in [5.41, 5.74) is 4.28. The van der Waals surface area contributed by atoms with E-state index in [1.54, 1.807) is 6.33 Å². The van der Waals surface area contributed by atoms with Crippen LogP contribution in [-0.2, 0) is 17.7 Å². The van der Waals surface area contributed by atoms with E-state index in [9.17, 15) is 0 Å². The first-order valence-corrected chi connectivity index (χ1v) is 8.34. The van der Waals surface area contributed by atoms with Gasteiger partial charge in [0, 0.05) is 43.9 Å². The number of benzene rings is 1. The minimum Gasteiger partial charge on any atom is -0.377 e. The fourth-order valence-corrected chi connectivity index (χ4v) is 3.91. The van der Waals surface area contributed by atoms with Crippen molar-refractivity contribution in [1.82, 2.24) is 14.9 Å². The summed E-state index contributed by atoms with van der Waals surface area (Å²) in [6.07, 6.45) is 7.78. The molecule has 2 aliphatic heterocycles. The highest BCUT2D eigenvalue weighted by Crippen LogP contribution is 2.42. The van der Waals surface area contributed by atoms with Crippen LogP contribution < -0.4 is 0 Å². The smallest absolute Gasteiger partial charge is 0.115 e. The van der Waals surface area contributed by atoms with E-state index >= 15 is 0 Å². The molecular weight excluding hydrogens is 286 g/mol. The van der Waals surface area contributed by atoms with E-state index in [0.29, 0.717) is 11.5 Å². The summed E-state index contributed by atoms with van der Waals surface area (Å²) < 4.78 is 6.05. The summed E-state index contributed by atoms with van der Waals surface area (Å²) in [6, 6.07) is 8.87. The van der Waals surface area contributed by atoms with Crippen LogP contribution in [0.5, 0.6) is 0 Å². The largest absolute Gasteiger partial charge is 0.377 e. The van der Waals surface area contributed by atoms with Crippen LogP contribution in [0.25, 0.3) is 0 Å². The Morgan fingerprint density at radius 2 is 1.87 bits per heavy atom. The van der Waals surface area contributed by atoms with Crippen LogP contribution in [0.2, 0.25) is 0 Å². The van der Waals surface area contributed by atoms with E-state index in [0.717, 1.165) is 39.1 Å². The van der Waals surface area contributed by atoms with Gasteiger partial charge >= 0.3 is 0 Å². The van der Waals surface area contributed by atoms with Crippen molar-refractivity contribution in [2.75, 3.05) is 19.7 Å². The van der Waals surface area contributed by atoms with Crippen LogP contribution in [0.15, 0.2) is 43.0 Å². The molecule has 0 radical (unpaired) electrons. The second-order valence-electron chi connectivity index (χ2n) is 7.22.